The van der Waals surface area contributed by atoms with E-state index in [4.69, 9.17) is 20.9 Å². The molecule has 31 heavy (non-hydrogen) atoms. The van der Waals surface area contributed by atoms with E-state index in [-0.39, 0.29) is 23.0 Å². The van der Waals surface area contributed by atoms with Gasteiger partial charge in [0.25, 0.3) is 5.91 Å². The van der Waals surface area contributed by atoms with E-state index in [9.17, 15) is 10.1 Å². The van der Waals surface area contributed by atoms with Crippen molar-refractivity contribution in [2.45, 2.75) is 0 Å². The molecule has 4 heterocycles. The average molecular weight is 450 g/mol. The molecular formula is C21H15N5O3S2. The van der Waals surface area contributed by atoms with Crippen LogP contribution in [0.1, 0.15) is 15.2 Å². The number of thiophene rings is 2. The first-order chi connectivity index (χ1) is 15.1. The Balaban J connectivity index is 1.58. The molecule has 5 rings (SSSR count). The summed E-state index contributed by atoms with van der Waals surface area (Å²) in [4.78, 5) is 18.2. The number of fused-ring (bicyclic) bond motifs is 2. The molecule has 1 aromatic carbocycles. The second kappa shape index (κ2) is 7.46. The number of benzene rings is 1. The number of nitriles is 1. The summed E-state index contributed by atoms with van der Waals surface area (Å²) >= 11 is 2.63. The summed E-state index contributed by atoms with van der Waals surface area (Å²) in [6.45, 7) is 0.942. The number of nitrogens with two attached hydrogens (primary N) is 2. The molecule has 8 nitrogen and oxygen atoms in total. The molecule has 10 heteroatoms. The summed E-state index contributed by atoms with van der Waals surface area (Å²) in [5.41, 5.74) is 14.9. The summed E-state index contributed by atoms with van der Waals surface area (Å²) < 4.78 is 11.1. The van der Waals surface area contributed by atoms with Gasteiger partial charge in [0.1, 0.15) is 40.4 Å². The Hall–Kier alpha value is -3.81. The van der Waals surface area contributed by atoms with Gasteiger partial charge in [-0.25, -0.2) is 4.98 Å². The molecule has 1 aliphatic rings. The van der Waals surface area contributed by atoms with E-state index in [2.05, 4.69) is 16.4 Å². The fraction of sp³-hybridized carbons (Fsp3) is 0.0952. The number of carbonyl (C=O) groups excluding carboxylic acids is 1. The standard InChI is InChI=1S/C21H15N5O3S2/c22-8-12-15(10-3-6-30-9-10)16-17(23)18(31-21(16)26-19(12)24)20(27)25-11-1-2-13-14(7-11)29-5-4-28-13/h1-3,6-7,9H,4-5,23H2,(H2,24,26)(H,25,27). The third kappa shape index (κ3) is 3.20. The maximum atomic E-state index is 13.0. The zero-order chi connectivity index (χ0) is 21.5. The third-order valence-corrected chi connectivity index (χ3v) is 6.61. The minimum Gasteiger partial charge on any atom is -0.486 e. The number of nitrogens with zero attached hydrogens (tertiary/aromatic N) is 2. The lowest BCUT2D eigenvalue weighted by Gasteiger charge is -2.18. The number of pyridine rings is 1. The SMILES string of the molecule is N#Cc1c(N)nc2sc(C(=O)Nc3ccc4c(c3)OCCO4)c(N)c2c1-c1ccsc1. The van der Waals surface area contributed by atoms with Crippen molar-refractivity contribution in [3.8, 4) is 28.7 Å². The van der Waals surface area contributed by atoms with Gasteiger partial charge in [0.15, 0.2) is 11.5 Å². The van der Waals surface area contributed by atoms with Crippen LogP contribution in [-0.2, 0) is 0 Å². The van der Waals surface area contributed by atoms with Gasteiger partial charge in [0, 0.05) is 22.7 Å². The predicted octanol–water partition coefficient (Wildman–Crippen LogP) is 4.08. The van der Waals surface area contributed by atoms with Gasteiger partial charge in [-0.05, 0) is 34.5 Å². The number of nitrogens with one attached hydrogen (secondary N) is 1. The molecule has 0 saturated heterocycles. The topological polar surface area (TPSA) is 136 Å². The zero-order valence-electron chi connectivity index (χ0n) is 16.0. The van der Waals surface area contributed by atoms with Crippen molar-refractivity contribution in [3.05, 3.63) is 45.5 Å². The molecule has 0 spiro atoms. The molecule has 1 aliphatic heterocycles. The fourth-order valence-corrected chi connectivity index (χ4v) is 5.11. The van der Waals surface area contributed by atoms with Crippen LogP contribution in [-0.4, -0.2) is 24.1 Å². The molecule has 154 valence electrons. The van der Waals surface area contributed by atoms with Crippen molar-refractivity contribution in [2.75, 3.05) is 30.0 Å². The second-order valence-electron chi connectivity index (χ2n) is 6.71. The molecule has 0 fully saturated rings. The highest BCUT2D eigenvalue weighted by Crippen LogP contribution is 2.43. The van der Waals surface area contributed by atoms with E-state index in [0.29, 0.717) is 51.1 Å². The number of anilines is 3. The quantitative estimate of drug-likeness (QED) is 0.428. The minimum absolute atomic E-state index is 0.108. The van der Waals surface area contributed by atoms with Crippen LogP contribution < -0.4 is 26.3 Å². The maximum Gasteiger partial charge on any atom is 0.267 e. The summed E-state index contributed by atoms with van der Waals surface area (Å²) in [6, 6.07) is 9.18. The number of rotatable bonds is 3. The van der Waals surface area contributed by atoms with E-state index in [1.165, 1.54) is 11.3 Å². The molecule has 0 aliphatic carbocycles. The average Bonchev–Trinajstić information content (AvgIpc) is 3.41. The smallest absolute Gasteiger partial charge is 0.267 e. The van der Waals surface area contributed by atoms with E-state index < -0.39 is 0 Å². The van der Waals surface area contributed by atoms with Crippen LogP contribution in [0.2, 0.25) is 0 Å². The molecule has 1 amide bonds. The highest BCUT2D eigenvalue weighted by atomic mass is 32.1. The van der Waals surface area contributed by atoms with Gasteiger partial charge in [-0.2, -0.15) is 16.6 Å². The number of hydrogen-bond donors (Lipinski definition) is 3. The largest absolute Gasteiger partial charge is 0.486 e. The number of ether oxygens (including phenoxy) is 2. The summed E-state index contributed by atoms with van der Waals surface area (Å²) in [5.74, 6) is 0.928. The van der Waals surface area contributed by atoms with Crippen LogP contribution in [0, 0.1) is 11.3 Å². The number of hydrogen-bond acceptors (Lipinski definition) is 9. The van der Waals surface area contributed by atoms with Crippen molar-refractivity contribution >= 4 is 56.0 Å². The van der Waals surface area contributed by atoms with E-state index in [1.807, 2.05) is 16.8 Å². The van der Waals surface area contributed by atoms with Gasteiger partial charge in [-0.1, -0.05) is 0 Å². The Labute approximate surface area is 184 Å². The van der Waals surface area contributed by atoms with E-state index in [0.717, 1.165) is 16.9 Å². The van der Waals surface area contributed by atoms with Crippen molar-refractivity contribution in [3.63, 3.8) is 0 Å². The minimum atomic E-state index is -0.384. The molecular weight excluding hydrogens is 434 g/mol. The number of amides is 1. The molecule has 3 aromatic heterocycles. The highest BCUT2D eigenvalue weighted by Gasteiger charge is 2.25. The van der Waals surface area contributed by atoms with E-state index in [1.54, 1.807) is 18.2 Å². The van der Waals surface area contributed by atoms with Crippen LogP contribution in [0.15, 0.2) is 35.0 Å². The number of carbonyl (C=O) groups is 1. The lowest BCUT2D eigenvalue weighted by atomic mass is 9.99. The van der Waals surface area contributed by atoms with Crippen LogP contribution in [0.4, 0.5) is 17.2 Å². The van der Waals surface area contributed by atoms with Gasteiger partial charge >= 0.3 is 0 Å². The van der Waals surface area contributed by atoms with Crippen LogP contribution in [0.5, 0.6) is 11.5 Å². The van der Waals surface area contributed by atoms with Crippen molar-refractivity contribution in [1.82, 2.24) is 4.98 Å². The van der Waals surface area contributed by atoms with Gasteiger partial charge in [-0.15, -0.1) is 11.3 Å². The van der Waals surface area contributed by atoms with Crippen LogP contribution in [0.25, 0.3) is 21.3 Å². The summed E-state index contributed by atoms with van der Waals surface area (Å²) in [5, 5.41) is 16.9. The predicted molar refractivity (Wildman–Crippen MR) is 122 cm³/mol. The van der Waals surface area contributed by atoms with Gasteiger partial charge in [-0.3, -0.25) is 4.79 Å². The van der Waals surface area contributed by atoms with Gasteiger partial charge in [0.05, 0.1) is 5.69 Å². The van der Waals surface area contributed by atoms with Crippen molar-refractivity contribution < 1.29 is 14.3 Å². The Morgan fingerprint density at radius 2 is 2.00 bits per heavy atom. The fourth-order valence-electron chi connectivity index (χ4n) is 3.46. The summed E-state index contributed by atoms with van der Waals surface area (Å²) in [6.07, 6.45) is 0. The first kappa shape index (κ1) is 19.2. The number of nitrogen functional groups attached to an aromatic ring is 2. The van der Waals surface area contributed by atoms with Crippen LogP contribution >= 0.6 is 22.7 Å². The van der Waals surface area contributed by atoms with Crippen LogP contribution in [0.3, 0.4) is 0 Å². The van der Waals surface area contributed by atoms with Gasteiger partial charge in [0.2, 0.25) is 0 Å². The Morgan fingerprint density at radius 3 is 2.74 bits per heavy atom. The molecule has 0 radical (unpaired) electrons. The first-order valence-electron chi connectivity index (χ1n) is 9.22. The molecule has 0 atom stereocenters. The molecule has 0 bridgehead atoms. The maximum absolute atomic E-state index is 13.0. The third-order valence-electron chi connectivity index (χ3n) is 4.83. The normalized spacial score (nSPS) is 12.5. The lowest BCUT2D eigenvalue weighted by molar-refractivity contribution is 0.103. The monoisotopic (exact) mass is 449 g/mol. The molecule has 4 aromatic rings. The zero-order valence-corrected chi connectivity index (χ0v) is 17.6. The Bertz CT molecular complexity index is 1370. The highest BCUT2D eigenvalue weighted by molar-refractivity contribution is 7.21. The number of aromatic nitrogens is 1. The Morgan fingerprint density at radius 1 is 1.19 bits per heavy atom. The van der Waals surface area contributed by atoms with E-state index >= 15 is 0 Å². The van der Waals surface area contributed by atoms with Gasteiger partial charge < -0.3 is 26.3 Å². The summed E-state index contributed by atoms with van der Waals surface area (Å²) in [7, 11) is 0. The molecule has 0 saturated carbocycles. The van der Waals surface area contributed by atoms with Crippen molar-refractivity contribution in [2.24, 2.45) is 0 Å². The Kier molecular flexibility index (Phi) is 4.62. The second-order valence-corrected chi connectivity index (χ2v) is 8.49. The van der Waals surface area contributed by atoms with Crippen molar-refractivity contribution in [1.29, 1.82) is 5.26 Å². The lowest BCUT2D eigenvalue weighted by Crippen LogP contribution is -2.16. The molecule has 0 unspecified atom stereocenters. The molecule has 5 N–H and O–H groups in total. The first-order valence-corrected chi connectivity index (χ1v) is 11.0.